The van der Waals surface area contributed by atoms with Crippen LogP contribution < -0.4 is 5.43 Å². The zero-order valence-corrected chi connectivity index (χ0v) is 10.5. The van der Waals surface area contributed by atoms with E-state index in [1.807, 2.05) is 29.2 Å². The first kappa shape index (κ1) is 11.6. The number of nitrogens with one attached hydrogen (secondary N) is 1. The third-order valence-electron chi connectivity index (χ3n) is 2.18. The van der Waals surface area contributed by atoms with Crippen LogP contribution in [-0.4, -0.2) is 4.68 Å². The van der Waals surface area contributed by atoms with Gasteiger partial charge in [0.2, 0.25) is 0 Å². The Bertz CT molecular complexity index is 480. The highest BCUT2D eigenvalue weighted by Gasteiger charge is 2.08. The number of halogens is 3. The summed E-state index contributed by atoms with van der Waals surface area (Å²) >= 11 is 18.0. The third-order valence-corrected chi connectivity index (χ3v) is 3.38. The van der Waals surface area contributed by atoms with Gasteiger partial charge < -0.3 is 5.43 Å². The Labute approximate surface area is 109 Å². The first-order valence-electron chi connectivity index (χ1n) is 4.67. The highest BCUT2D eigenvalue weighted by atomic mass is 35.5. The maximum atomic E-state index is 6.07. The van der Waals surface area contributed by atoms with E-state index in [0.29, 0.717) is 21.6 Å². The zero-order valence-electron chi connectivity index (χ0n) is 8.25. The van der Waals surface area contributed by atoms with Crippen molar-refractivity contribution in [1.29, 1.82) is 0 Å². The summed E-state index contributed by atoms with van der Waals surface area (Å²) in [4.78, 5) is 0. The Morgan fingerprint density at radius 3 is 2.31 bits per heavy atom. The van der Waals surface area contributed by atoms with Gasteiger partial charge in [-0.05, 0) is 24.3 Å². The van der Waals surface area contributed by atoms with Crippen LogP contribution in [0.3, 0.4) is 0 Å². The van der Waals surface area contributed by atoms with Crippen LogP contribution in [0.5, 0.6) is 0 Å². The summed E-state index contributed by atoms with van der Waals surface area (Å²) in [5.74, 6) is 0. The standard InChI is InChI=1S/C11H9Cl3N2/c12-9-3-4-10(13)11(14)8(9)7-15-16-5-1-2-6-16/h1-6,15H,7H2. The Balaban J connectivity index is 2.18. The van der Waals surface area contributed by atoms with Crippen LogP contribution in [0.4, 0.5) is 0 Å². The molecule has 0 aliphatic carbocycles. The van der Waals surface area contributed by atoms with Crippen LogP contribution in [-0.2, 0) is 6.54 Å². The number of benzene rings is 1. The predicted molar refractivity (Wildman–Crippen MR) is 69.0 cm³/mol. The van der Waals surface area contributed by atoms with Gasteiger partial charge in [0, 0.05) is 23.0 Å². The fraction of sp³-hybridized carbons (Fsp3) is 0.0909. The van der Waals surface area contributed by atoms with E-state index in [2.05, 4.69) is 5.43 Å². The fourth-order valence-corrected chi connectivity index (χ4v) is 2.02. The average molecular weight is 276 g/mol. The van der Waals surface area contributed by atoms with Crippen LogP contribution in [0, 0.1) is 0 Å². The molecule has 0 radical (unpaired) electrons. The zero-order chi connectivity index (χ0) is 11.5. The molecule has 0 amide bonds. The van der Waals surface area contributed by atoms with Gasteiger partial charge >= 0.3 is 0 Å². The Hall–Kier alpha value is -0.830. The van der Waals surface area contributed by atoms with Crippen LogP contribution in [0.1, 0.15) is 5.56 Å². The number of nitrogens with zero attached hydrogens (tertiary/aromatic N) is 1. The van der Waals surface area contributed by atoms with Gasteiger partial charge in [-0.2, -0.15) is 0 Å². The van der Waals surface area contributed by atoms with Crippen molar-refractivity contribution in [3.8, 4) is 0 Å². The van der Waals surface area contributed by atoms with Gasteiger partial charge in [-0.15, -0.1) is 0 Å². The van der Waals surface area contributed by atoms with Crippen LogP contribution in [0.2, 0.25) is 15.1 Å². The molecule has 2 aromatic rings. The molecule has 0 aliphatic heterocycles. The van der Waals surface area contributed by atoms with Crippen LogP contribution in [0.15, 0.2) is 36.7 Å². The molecule has 2 rings (SSSR count). The lowest BCUT2D eigenvalue weighted by Gasteiger charge is -2.11. The Morgan fingerprint density at radius 1 is 1.00 bits per heavy atom. The second-order valence-corrected chi connectivity index (χ2v) is 4.44. The molecule has 0 fully saturated rings. The molecular formula is C11H9Cl3N2. The van der Waals surface area contributed by atoms with Crippen molar-refractivity contribution in [2.24, 2.45) is 0 Å². The molecule has 0 saturated carbocycles. The lowest BCUT2D eigenvalue weighted by molar-refractivity contribution is 0.847. The van der Waals surface area contributed by atoms with Gasteiger partial charge in [0.15, 0.2) is 0 Å². The van der Waals surface area contributed by atoms with Gasteiger partial charge in [-0.3, -0.25) is 4.68 Å². The average Bonchev–Trinajstić information content (AvgIpc) is 2.77. The van der Waals surface area contributed by atoms with Crippen molar-refractivity contribution in [2.45, 2.75) is 6.54 Å². The highest BCUT2D eigenvalue weighted by Crippen LogP contribution is 2.31. The monoisotopic (exact) mass is 274 g/mol. The minimum Gasteiger partial charge on any atom is -0.322 e. The molecule has 5 heteroatoms. The molecule has 2 nitrogen and oxygen atoms in total. The molecule has 0 saturated heterocycles. The Morgan fingerprint density at radius 2 is 1.62 bits per heavy atom. The second kappa shape index (κ2) is 5.00. The van der Waals surface area contributed by atoms with Crippen molar-refractivity contribution in [3.05, 3.63) is 57.3 Å². The van der Waals surface area contributed by atoms with E-state index in [1.54, 1.807) is 12.1 Å². The minimum atomic E-state index is 0.494. The molecule has 1 heterocycles. The van der Waals surface area contributed by atoms with Gasteiger partial charge in [0.1, 0.15) is 0 Å². The quantitative estimate of drug-likeness (QED) is 0.831. The summed E-state index contributed by atoms with van der Waals surface area (Å²) < 4.78 is 1.83. The molecule has 84 valence electrons. The minimum absolute atomic E-state index is 0.494. The molecule has 0 unspecified atom stereocenters. The third kappa shape index (κ3) is 2.46. The van der Waals surface area contributed by atoms with Gasteiger partial charge in [-0.1, -0.05) is 34.8 Å². The summed E-state index contributed by atoms with van der Waals surface area (Å²) in [6.07, 6.45) is 3.79. The van der Waals surface area contributed by atoms with Gasteiger partial charge in [0.25, 0.3) is 0 Å². The van der Waals surface area contributed by atoms with E-state index in [-0.39, 0.29) is 0 Å². The van der Waals surface area contributed by atoms with Gasteiger partial charge in [0.05, 0.1) is 16.6 Å². The number of aromatic nitrogens is 1. The molecule has 0 spiro atoms. The maximum absolute atomic E-state index is 6.07. The number of rotatable bonds is 3. The normalized spacial score (nSPS) is 10.4. The predicted octanol–water partition coefficient (Wildman–Crippen LogP) is 4.19. The van der Waals surface area contributed by atoms with E-state index >= 15 is 0 Å². The molecule has 0 atom stereocenters. The molecule has 16 heavy (non-hydrogen) atoms. The molecule has 0 aliphatic rings. The van der Waals surface area contributed by atoms with Crippen LogP contribution >= 0.6 is 34.8 Å². The molecule has 1 aromatic heterocycles. The van der Waals surface area contributed by atoms with E-state index in [0.717, 1.165) is 5.56 Å². The summed E-state index contributed by atoms with van der Waals surface area (Å²) in [6.45, 7) is 0.521. The largest absolute Gasteiger partial charge is 0.322 e. The first-order chi connectivity index (χ1) is 7.68. The van der Waals surface area contributed by atoms with Crippen LogP contribution in [0.25, 0.3) is 0 Å². The summed E-state index contributed by atoms with van der Waals surface area (Å²) in [5.41, 5.74) is 3.93. The van der Waals surface area contributed by atoms with Crippen molar-refractivity contribution in [3.63, 3.8) is 0 Å². The van der Waals surface area contributed by atoms with E-state index in [4.69, 9.17) is 34.8 Å². The van der Waals surface area contributed by atoms with E-state index in [9.17, 15) is 0 Å². The summed E-state index contributed by atoms with van der Waals surface area (Å²) in [7, 11) is 0. The number of hydrogen-bond acceptors (Lipinski definition) is 1. The van der Waals surface area contributed by atoms with Crippen molar-refractivity contribution in [2.75, 3.05) is 5.43 Å². The van der Waals surface area contributed by atoms with Crippen molar-refractivity contribution >= 4 is 34.8 Å². The molecule has 0 bridgehead atoms. The molecular weight excluding hydrogens is 266 g/mol. The van der Waals surface area contributed by atoms with E-state index < -0.39 is 0 Å². The maximum Gasteiger partial charge on any atom is 0.0657 e. The van der Waals surface area contributed by atoms with Gasteiger partial charge in [-0.25, -0.2) is 0 Å². The number of hydrogen-bond donors (Lipinski definition) is 1. The second-order valence-electron chi connectivity index (χ2n) is 3.25. The topological polar surface area (TPSA) is 17.0 Å². The smallest absolute Gasteiger partial charge is 0.0657 e. The Kier molecular flexibility index (Phi) is 3.64. The van der Waals surface area contributed by atoms with Crippen molar-refractivity contribution in [1.82, 2.24) is 4.68 Å². The molecule has 1 N–H and O–H groups in total. The molecule has 1 aromatic carbocycles. The lowest BCUT2D eigenvalue weighted by Crippen LogP contribution is -2.12. The fourth-order valence-electron chi connectivity index (χ4n) is 1.34. The SMILES string of the molecule is Clc1ccc(Cl)c(CNn2cccc2)c1Cl. The van der Waals surface area contributed by atoms with E-state index in [1.165, 1.54) is 0 Å². The summed E-state index contributed by atoms with van der Waals surface area (Å²) in [6, 6.07) is 7.27. The van der Waals surface area contributed by atoms with Crippen molar-refractivity contribution < 1.29 is 0 Å². The lowest BCUT2D eigenvalue weighted by atomic mass is 10.2. The summed E-state index contributed by atoms with van der Waals surface area (Å²) in [5, 5.41) is 1.61. The highest BCUT2D eigenvalue weighted by molar-refractivity contribution is 6.44. The first-order valence-corrected chi connectivity index (χ1v) is 5.81.